The SMILES string of the molecule is CCOc1c(OC)cc(N)c2c1CCN(C)C2. The minimum absolute atomic E-state index is 0.641. The van der Waals surface area contributed by atoms with Crippen molar-refractivity contribution in [1.29, 1.82) is 0 Å². The van der Waals surface area contributed by atoms with Crippen molar-refractivity contribution in [2.24, 2.45) is 0 Å². The Bertz CT molecular complexity index is 418. The van der Waals surface area contributed by atoms with Gasteiger partial charge in [-0.25, -0.2) is 0 Å². The molecule has 1 aromatic carbocycles. The molecule has 0 atom stereocenters. The number of hydrogen-bond acceptors (Lipinski definition) is 4. The third-order valence-electron chi connectivity index (χ3n) is 3.18. The van der Waals surface area contributed by atoms with Crippen LogP contribution in [0.4, 0.5) is 5.69 Å². The van der Waals surface area contributed by atoms with Gasteiger partial charge < -0.3 is 20.1 Å². The van der Waals surface area contributed by atoms with Gasteiger partial charge in [0.1, 0.15) is 0 Å². The van der Waals surface area contributed by atoms with Gasteiger partial charge in [0.15, 0.2) is 11.5 Å². The van der Waals surface area contributed by atoms with Crippen LogP contribution < -0.4 is 15.2 Å². The number of rotatable bonds is 3. The summed E-state index contributed by atoms with van der Waals surface area (Å²) in [6.45, 7) is 4.53. The maximum atomic E-state index is 6.08. The van der Waals surface area contributed by atoms with Crippen LogP contribution >= 0.6 is 0 Å². The molecule has 2 rings (SSSR count). The number of nitrogens with zero attached hydrogens (tertiary/aromatic N) is 1. The van der Waals surface area contributed by atoms with Crippen molar-refractivity contribution < 1.29 is 9.47 Å². The van der Waals surface area contributed by atoms with Crippen LogP contribution in [-0.4, -0.2) is 32.2 Å². The first kappa shape index (κ1) is 12.0. The second kappa shape index (κ2) is 4.84. The van der Waals surface area contributed by atoms with Gasteiger partial charge in [-0.2, -0.15) is 0 Å². The summed E-state index contributed by atoms with van der Waals surface area (Å²) in [5, 5.41) is 0. The van der Waals surface area contributed by atoms with E-state index in [2.05, 4.69) is 11.9 Å². The number of methoxy groups -OCH3 is 1. The number of fused-ring (bicyclic) bond motifs is 1. The van der Waals surface area contributed by atoms with Crippen LogP contribution in [0.25, 0.3) is 0 Å². The van der Waals surface area contributed by atoms with Gasteiger partial charge in [-0.1, -0.05) is 0 Å². The maximum absolute atomic E-state index is 6.08. The highest BCUT2D eigenvalue weighted by Gasteiger charge is 2.23. The molecule has 0 radical (unpaired) electrons. The van der Waals surface area contributed by atoms with Crippen molar-refractivity contribution in [3.05, 3.63) is 17.2 Å². The minimum atomic E-state index is 0.641. The summed E-state index contributed by atoms with van der Waals surface area (Å²) < 4.78 is 11.1. The average Bonchev–Trinajstić information content (AvgIpc) is 2.33. The fourth-order valence-electron chi connectivity index (χ4n) is 2.31. The van der Waals surface area contributed by atoms with E-state index in [1.54, 1.807) is 7.11 Å². The molecule has 2 N–H and O–H groups in total. The molecule has 1 heterocycles. The first-order valence-electron chi connectivity index (χ1n) is 5.97. The standard InChI is InChI=1S/C13H20N2O2/c1-4-17-13-9-5-6-15(2)8-10(9)11(14)7-12(13)16-3/h7H,4-6,8,14H2,1-3H3. The molecular formula is C13H20N2O2. The largest absolute Gasteiger partial charge is 0.493 e. The molecule has 0 amide bonds. The molecule has 17 heavy (non-hydrogen) atoms. The van der Waals surface area contributed by atoms with E-state index in [4.69, 9.17) is 15.2 Å². The highest BCUT2D eigenvalue weighted by molar-refractivity contribution is 5.64. The molecule has 1 aliphatic heterocycles. The van der Waals surface area contributed by atoms with Crippen molar-refractivity contribution in [3.8, 4) is 11.5 Å². The molecule has 0 unspecified atom stereocenters. The third-order valence-corrected chi connectivity index (χ3v) is 3.18. The topological polar surface area (TPSA) is 47.7 Å². The lowest BCUT2D eigenvalue weighted by Crippen LogP contribution is -2.28. The van der Waals surface area contributed by atoms with E-state index in [9.17, 15) is 0 Å². The Hall–Kier alpha value is -1.42. The zero-order valence-corrected chi connectivity index (χ0v) is 10.7. The lowest BCUT2D eigenvalue weighted by Gasteiger charge is -2.28. The number of likely N-dealkylation sites (N-methyl/N-ethyl adjacent to an activating group) is 1. The fraction of sp³-hybridized carbons (Fsp3) is 0.538. The Morgan fingerprint density at radius 2 is 2.18 bits per heavy atom. The monoisotopic (exact) mass is 236 g/mol. The summed E-state index contributed by atoms with van der Waals surface area (Å²) >= 11 is 0. The van der Waals surface area contributed by atoms with Crippen molar-refractivity contribution in [1.82, 2.24) is 4.90 Å². The van der Waals surface area contributed by atoms with Gasteiger partial charge in [0.2, 0.25) is 0 Å². The van der Waals surface area contributed by atoms with E-state index in [0.717, 1.165) is 36.7 Å². The molecule has 0 bridgehead atoms. The molecule has 0 spiro atoms. The van der Waals surface area contributed by atoms with Crippen LogP contribution in [0.1, 0.15) is 18.1 Å². The lowest BCUT2D eigenvalue weighted by molar-refractivity contribution is 0.285. The van der Waals surface area contributed by atoms with Gasteiger partial charge in [0.25, 0.3) is 0 Å². The van der Waals surface area contributed by atoms with E-state index in [0.29, 0.717) is 6.61 Å². The fourth-order valence-corrected chi connectivity index (χ4v) is 2.31. The summed E-state index contributed by atoms with van der Waals surface area (Å²) in [4.78, 5) is 2.26. The van der Waals surface area contributed by atoms with Gasteiger partial charge in [-0.05, 0) is 26.0 Å². The first-order chi connectivity index (χ1) is 8.17. The normalized spacial score (nSPS) is 15.5. The number of ether oxygens (including phenoxy) is 2. The predicted octanol–water partition coefficient (Wildman–Crippen LogP) is 1.66. The molecule has 0 saturated carbocycles. The van der Waals surface area contributed by atoms with Crippen LogP contribution in [0.15, 0.2) is 6.07 Å². The van der Waals surface area contributed by atoms with Gasteiger partial charge >= 0.3 is 0 Å². The Morgan fingerprint density at radius 3 is 2.82 bits per heavy atom. The number of benzene rings is 1. The van der Waals surface area contributed by atoms with E-state index >= 15 is 0 Å². The number of anilines is 1. The van der Waals surface area contributed by atoms with Crippen LogP contribution in [-0.2, 0) is 13.0 Å². The van der Waals surface area contributed by atoms with Crippen LogP contribution in [0.3, 0.4) is 0 Å². The third kappa shape index (κ3) is 2.17. The van der Waals surface area contributed by atoms with Gasteiger partial charge in [-0.15, -0.1) is 0 Å². The van der Waals surface area contributed by atoms with Crippen LogP contribution in [0.5, 0.6) is 11.5 Å². The van der Waals surface area contributed by atoms with Crippen molar-refractivity contribution in [2.75, 3.05) is 33.0 Å². The highest BCUT2D eigenvalue weighted by Crippen LogP contribution is 2.39. The summed E-state index contributed by atoms with van der Waals surface area (Å²) in [5.41, 5.74) is 9.27. The molecular weight excluding hydrogens is 216 g/mol. The molecule has 0 fully saturated rings. The Labute approximate surface area is 102 Å². The number of nitrogen functional groups attached to an aromatic ring is 1. The van der Waals surface area contributed by atoms with Crippen LogP contribution in [0, 0.1) is 0 Å². The van der Waals surface area contributed by atoms with Crippen LogP contribution in [0.2, 0.25) is 0 Å². The minimum Gasteiger partial charge on any atom is -0.493 e. The molecule has 1 aliphatic rings. The summed E-state index contributed by atoms with van der Waals surface area (Å²) in [6.07, 6.45) is 0.961. The quantitative estimate of drug-likeness (QED) is 0.811. The Balaban J connectivity index is 2.52. The highest BCUT2D eigenvalue weighted by atomic mass is 16.5. The molecule has 0 aromatic heterocycles. The summed E-state index contributed by atoms with van der Waals surface area (Å²) in [7, 11) is 3.76. The average molecular weight is 236 g/mol. The van der Waals surface area contributed by atoms with E-state index in [1.165, 1.54) is 11.1 Å². The molecule has 94 valence electrons. The Kier molecular flexibility index (Phi) is 3.43. The zero-order valence-electron chi connectivity index (χ0n) is 10.7. The Morgan fingerprint density at radius 1 is 1.41 bits per heavy atom. The summed E-state index contributed by atoms with van der Waals surface area (Å²) in [5.74, 6) is 1.61. The van der Waals surface area contributed by atoms with E-state index in [1.807, 2.05) is 13.0 Å². The molecule has 4 heteroatoms. The van der Waals surface area contributed by atoms with Crippen molar-refractivity contribution in [3.63, 3.8) is 0 Å². The van der Waals surface area contributed by atoms with E-state index in [-0.39, 0.29) is 0 Å². The predicted molar refractivity (Wildman–Crippen MR) is 68.6 cm³/mol. The molecule has 0 aliphatic carbocycles. The van der Waals surface area contributed by atoms with Gasteiger partial charge in [0, 0.05) is 30.4 Å². The first-order valence-corrected chi connectivity index (χ1v) is 5.97. The maximum Gasteiger partial charge on any atom is 0.164 e. The lowest BCUT2D eigenvalue weighted by atomic mass is 9.96. The molecule has 4 nitrogen and oxygen atoms in total. The zero-order chi connectivity index (χ0) is 12.4. The summed E-state index contributed by atoms with van der Waals surface area (Å²) in [6, 6.07) is 1.86. The molecule has 1 aromatic rings. The van der Waals surface area contributed by atoms with Gasteiger partial charge in [-0.3, -0.25) is 0 Å². The van der Waals surface area contributed by atoms with E-state index < -0.39 is 0 Å². The van der Waals surface area contributed by atoms with Crippen molar-refractivity contribution >= 4 is 5.69 Å². The second-order valence-electron chi connectivity index (χ2n) is 4.38. The second-order valence-corrected chi connectivity index (χ2v) is 4.38. The molecule has 0 saturated heterocycles. The van der Waals surface area contributed by atoms with Gasteiger partial charge in [0.05, 0.1) is 13.7 Å². The number of hydrogen-bond donors (Lipinski definition) is 1. The smallest absolute Gasteiger partial charge is 0.164 e. The van der Waals surface area contributed by atoms with Crippen molar-refractivity contribution in [2.45, 2.75) is 19.9 Å². The number of nitrogens with two attached hydrogens (primary N) is 1.